The van der Waals surface area contributed by atoms with E-state index in [1.54, 1.807) is 0 Å². The number of ether oxygens (including phenoxy) is 1. The van der Waals surface area contributed by atoms with E-state index in [0.717, 1.165) is 24.3 Å². The summed E-state index contributed by atoms with van der Waals surface area (Å²) in [6.07, 6.45) is 4.42. The van der Waals surface area contributed by atoms with Crippen LogP contribution in [0.2, 0.25) is 0 Å². The van der Waals surface area contributed by atoms with Gasteiger partial charge in [-0.2, -0.15) is 0 Å². The summed E-state index contributed by atoms with van der Waals surface area (Å²) in [7, 11) is 0. The van der Waals surface area contributed by atoms with Gasteiger partial charge in [-0.25, -0.2) is 0 Å². The van der Waals surface area contributed by atoms with Gasteiger partial charge in [-0.15, -0.1) is 0 Å². The zero-order valence-electron chi connectivity index (χ0n) is 13.4. The maximum Gasteiger partial charge on any atom is 0.126 e. The molecule has 0 spiro atoms. The number of hydrogen-bond donors (Lipinski definition) is 1. The van der Waals surface area contributed by atoms with Crippen molar-refractivity contribution in [2.24, 2.45) is 0 Å². The summed E-state index contributed by atoms with van der Waals surface area (Å²) in [5.41, 5.74) is 0.556. The fourth-order valence-electron chi connectivity index (χ4n) is 4.12. The molecule has 3 atom stereocenters. The molecule has 3 heteroatoms. The van der Waals surface area contributed by atoms with E-state index in [0.29, 0.717) is 6.04 Å². The number of rotatable bonds is 2. The molecular formula is C18H27NO2. The van der Waals surface area contributed by atoms with Gasteiger partial charge >= 0.3 is 0 Å². The van der Waals surface area contributed by atoms with Crippen molar-refractivity contribution in [2.75, 3.05) is 6.54 Å². The maximum absolute atomic E-state index is 11.0. The zero-order chi connectivity index (χ0) is 15.0. The number of aliphatic hydroxyl groups is 1. The summed E-state index contributed by atoms with van der Waals surface area (Å²) in [6, 6.07) is 8.49. The topological polar surface area (TPSA) is 32.7 Å². The van der Waals surface area contributed by atoms with Gasteiger partial charge in [0.25, 0.3) is 0 Å². The average molecular weight is 289 g/mol. The van der Waals surface area contributed by atoms with Crippen molar-refractivity contribution in [3.8, 4) is 5.75 Å². The van der Waals surface area contributed by atoms with E-state index in [1.165, 1.54) is 19.3 Å². The molecular weight excluding hydrogens is 262 g/mol. The maximum atomic E-state index is 11.0. The minimum absolute atomic E-state index is 0.0256. The molecule has 21 heavy (non-hydrogen) atoms. The van der Waals surface area contributed by atoms with Crippen molar-refractivity contribution in [2.45, 2.75) is 70.2 Å². The smallest absolute Gasteiger partial charge is 0.126 e. The fraction of sp³-hybridized carbons (Fsp3) is 0.667. The predicted molar refractivity (Wildman–Crippen MR) is 84.5 cm³/mol. The molecule has 0 amide bonds. The van der Waals surface area contributed by atoms with Gasteiger partial charge in [0.05, 0.1) is 6.04 Å². The van der Waals surface area contributed by atoms with Gasteiger partial charge in [0, 0.05) is 11.6 Å². The highest BCUT2D eigenvalue weighted by molar-refractivity contribution is 5.39. The molecule has 3 rings (SSSR count). The highest BCUT2D eigenvalue weighted by Crippen LogP contribution is 2.43. The van der Waals surface area contributed by atoms with Crippen molar-refractivity contribution < 1.29 is 9.84 Å². The van der Waals surface area contributed by atoms with Gasteiger partial charge in [0.15, 0.2) is 0 Å². The van der Waals surface area contributed by atoms with Crippen molar-refractivity contribution >= 4 is 0 Å². The summed E-state index contributed by atoms with van der Waals surface area (Å²) in [6.45, 7) is 7.53. The molecule has 116 valence electrons. The fourth-order valence-corrected chi connectivity index (χ4v) is 4.12. The van der Waals surface area contributed by atoms with Crippen LogP contribution in [0.3, 0.4) is 0 Å². The van der Waals surface area contributed by atoms with Crippen molar-refractivity contribution in [1.82, 2.24) is 4.90 Å². The first-order valence-electron chi connectivity index (χ1n) is 8.26. The quantitative estimate of drug-likeness (QED) is 0.904. The molecule has 1 fully saturated rings. The Kier molecular flexibility index (Phi) is 3.98. The number of aliphatic hydroxyl groups excluding tert-OH is 1. The van der Waals surface area contributed by atoms with E-state index >= 15 is 0 Å². The van der Waals surface area contributed by atoms with Crippen LogP contribution in [0.1, 0.15) is 58.1 Å². The number of likely N-dealkylation sites (tertiary alicyclic amines) is 1. The van der Waals surface area contributed by atoms with E-state index in [1.807, 2.05) is 24.3 Å². The second-order valence-electron chi connectivity index (χ2n) is 6.93. The number of piperidine rings is 1. The summed E-state index contributed by atoms with van der Waals surface area (Å²) in [5, 5.41) is 11.0. The third kappa shape index (κ3) is 2.58. The van der Waals surface area contributed by atoms with Crippen LogP contribution in [0, 0.1) is 0 Å². The summed E-state index contributed by atoms with van der Waals surface area (Å²) in [4.78, 5) is 2.50. The number of nitrogens with zero attached hydrogens (tertiary/aromatic N) is 1. The van der Waals surface area contributed by atoms with Crippen molar-refractivity contribution in [3.05, 3.63) is 29.8 Å². The Morgan fingerprint density at radius 1 is 1.29 bits per heavy atom. The Labute approximate surface area is 127 Å². The lowest BCUT2D eigenvalue weighted by molar-refractivity contribution is -0.103. The first kappa shape index (κ1) is 14.9. The van der Waals surface area contributed by atoms with E-state index < -0.39 is 6.10 Å². The first-order valence-corrected chi connectivity index (χ1v) is 8.26. The van der Waals surface area contributed by atoms with Crippen LogP contribution in [-0.4, -0.2) is 34.2 Å². The highest BCUT2D eigenvalue weighted by Gasteiger charge is 2.48. The molecule has 1 aromatic rings. The molecule has 1 N–H and O–H groups in total. The lowest BCUT2D eigenvalue weighted by Crippen LogP contribution is -2.61. The lowest BCUT2D eigenvalue weighted by atomic mass is 9.82. The summed E-state index contributed by atoms with van der Waals surface area (Å²) in [5.74, 6) is 0.830. The lowest BCUT2D eigenvalue weighted by Gasteiger charge is -2.51. The minimum Gasteiger partial charge on any atom is -0.486 e. The number of para-hydroxylation sites is 1. The summed E-state index contributed by atoms with van der Waals surface area (Å²) >= 11 is 0. The van der Waals surface area contributed by atoms with Crippen LogP contribution in [0.25, 0.3) is 0 Å². The molecule has 0 aromatic heterocycles. The highest BCUT2D eigenvalue weighted by atomic mass is 16.5. The van der Waals surface area contributed by atoms with Crippen molar-refractivity contribution in [3.63, 3.8) is 0 Å². The molecule has 0 saturated carbocycles. The third-order valence-corrected chi connectivity index (χ3v) is 5.12. The molecule has 0 radical (unpaired) electrons. The second-order valence-corrected chi connectivity index (χ2v) is 6.93. The Hall–Kier alpha value is -1.06. The van der Waals surface area contributed by atoms with E-state index in [9.17, 15) is 5.11 Å². The first-order chi connectivity index (χ1) is 10.0. The van der Waals surface area contributed by atoms with Crippen LogP contribution in [-0.2, 0) is 0 Å². The molecule has 2 aliphatic rings. The van der Waals surface area contributed by atoms with E-state index in [-0.39, 0.29) is 11.6 Å². The molecule has 0 aliphatic carbocycles. The normalized spacial score (nSPS) is 32.3. The van der Waals surface area contributed by atoms with Gasteiger partial charge in [-0.3, -0.25) is 4.90 Å². The van der Waals surface area contributed by atoms with Gasteiger partial charge < -0.3 is 9.84 Å². The molecule has 2 heterocycles. The Bertz CT molecular complexity index is 500. The number of fused-ring (bicyclic) bond motifs is 1. The van der Waals surface area contributed by atoms with Crippen LogP contribution in [0.5, 0.6) is 5.75 Å². The second kappa shape index (κ2) is 5.62. The minimum atomic E-state index is -0.475. The average Bonchev–Trinajstić information content (AvgIpc) is 2.47. The molecule has 0 bridgehead atoms. The van der Waals surface area contributed by atoms with Gasteiger partial charge in [-0.05, 0) is 45.7 Å². The Morgan fingerprint density at radius 3 is 2.81 bits per heavy atom. The predicted octanol–water partition coefficient (Wildman–Crippen LogP) is 3.52. The van der Waals surface area contributed by atoms with Gasteiger partial charge in [0.1, 0.15) is 17.5 Å². The van der Waals surface area contributed by atoms with Crippen molar-refractivity contribution in [1.29, 1.82) is 0 Å². The molecule has 1 aromatic carbocycles. The van der Waals surface area contributed by atoms with Crippen LogP contribution in [0.15, 0.2) is 24.3 Å². The number of benzene rings is 1. The van der Waals surface area contributed by atoms with E-state index in [4.69, 9.17) is 4.74 Å². The third-order valence-electron chi connectivity index (χ3n) is 5.12. The van der Waals surface area contributed by atoms with Crippen LogP contribution >= 0.6 is 0 Å². The Morgan fingerprint density at radius 2 is 2.05 bits per heavy atom. The molecule has 1 saturated heterocycles. The zero-order valence-corrected chi connectivity index (χ0v) is 13.4. The van der Waals surface area contributed by atoms with E-state index in [2.05, 4.69) is 25.7 Å². The SMILES string of the molecule is CCC1CCCCN1C1C(O)c2ccccc2OC1(C)C. The molecule has 3 nitrogen and oxygen atoms in total. The van der Waals surface area contributed by atoms with Crippen LogP contribution in [0.4, 0.5) is 0 Å². The summed E-state index contributed by atoms with van der Waals surface area (Å²) < 4.78 is 6.25. The molecule has 2 aliphatic heterocycles. The standard InChI is InChI=1S/C18H27NO2/c1-4-13-9-7-8-12-19(13)17-16(20)14-10-5-6-11-15(14)21-18(17,2)3/h5-6,10-11,13,16-17,20H,4,7-9,12H2,1-3H3. The monoisotopic (exact) mass is 289 g/mol. The van der Waals surface area contributed by atoms with Gasteiger partial charge in [0.2, 0.25) is 0 Å². The van der Waals surface area contributed by atoms with Gasteiger partial charge in [-0.1, -0.05) is 31.5 Å². The molecule has 3 unspecified atom stereocenters. The Balaban J connectivity index is 1.97. The number of hydrogen-bond acceptors (Lipinski definition) is 3. The largest absolute Gasteiger partial charge is 0.486 e. The van der Waals surface area contributed by atoms with Crippen LogP contribution < -0.4 is 4.74 Å².